The highest BCUT2D eigenvalue weighted by Gasteiger charge is 2.19. The molecule has 2 aromatic rings. The molecule has 1 atom stereocenters. The van der Waals surface area contributed by atoms with Crippen molar-refractivity contribution in [1.29, 1.82) is 0 Å². The van der Waals surface area contributed by atoms with Crippen LogP contribution in [-0.4, -0.2) is 22.7 Å². The first-order chi connectivity index (χ1) is 9.95. The fraction of sp³-hybridized carbons (Fsp3) is 0.375. The SMILES string of the molecule is CNC(C)c1ccccc1NC(=O)c1c(C)nn(C)c1C. The van der Waals surface area contributed by atoms with Crippen LogP contribution in [0.15, 0.2) is 24.3 Å². The summed E-state index contributed by atoms with van der Waals surface area (Å²) in [6, 6.07) is 7.99. The number of hydrogen-bond donors (Lipinski definition) is 2. The Kier molecular flexibility index (Phi) is 4.43. The van der Waals surface area contributed by atoms with Crippen LogP contribution < -0.4 is 10.6 Å². The molecule has 1 unspecified atom stereocenters. The van der Waals surface area contributed by atoms with E-state index in [1.54, 1.807) is 4.68 Å². The molecule has 0 fully saturated rings. The quantitative estimate of drug-likeness (QED) is 0.908. The van der Waals surface area contributed by atoms with E-state index in [-0.39, 0.29) is 11.9 Å². The molecular weight excluding hydrogens is 264 g/mol. The number of para-hydroxylation sites is 1. The van der Waals surface area contributed by atoms with Crippen LogP contribution in [0, 0.1) is 13.8 Å². The van der Waals surface area contributed by atoms with E-state index >= 15 is 0 Å². The van der Waals surface area contributed by atoms with Crippen molar-refractivity contribution in [3.8, 4) is 0 Å². The van der Waals surface area contributed by atoms with Gasteiger partial charge in [-0.1, -0.05) is 18.2 Å². The Morgan fingerprint density at radius 2 is 1.95 bits per heavy atom. The number of carbonyl (C=O) groups excluding carboxylic acids is 1. The third-order valence-corrected chi connectivity index (χ3v) is 3.84. The molecule has 0 aliphatic carbocycles. The van der Waals surface area contributed by atoms with Gasteiger partial charge in [0.05, 0.1) is 11.3 Å². The predicted octanol–water partition coefficient (Wildman–Crippen LogP) is 2.57. The molecular formula is C16H22N4O. The third-order valence-electron chi connectivity index (χ3n) is 3.84. The standard InChI is InChI=1S/C16H22N4O/c1-10(17-4)13-8-6-7-9-14(13)18-16(21)15-11(2)19-20(5)12(15)3/h6-10,17H,1-5H3,(H,18,21). The Balaban J connectivity index is 2.32. The fourth-order valence-electron chi connectivity index (χ4n) is 2.43. The molecule has 0 spiro atoms. The van der Waals surface area contributed by atoms with E-state index < -0.39 is 0 Å². The second-order valence-electron chi connectivity index (χ2n) is 5.22. The molecule has 0 radical (unpaired) electrons. The van der Waals surface area contributed by atoms with Gasteiger partial charge in [-0.25, -0.2) is 0 Å². The maximum Gasteiger partial charge on any atom is 0.259 e. The molecule has 1 heterocycles. The largest absolute Gasteiger partial charge is 0.322 e. The normalized spacial score (nSPS) is 12.2. The monoisotopic (exact) mass is 286 g/mol. The third kappa shape index (κ3) is 2.97. The first-order valence-corrected chi connectivity index (χ1v) is 7.03. The summed E-state index contributed by atoms with van der Waals surface area (Å²) in [5, 5.41) is 10.5. The average molecular weight is 286 g/mol. The second-order valence-corrected chi connectivity index (χ2v) is 5.22. The topological polar surface area (TPSA) is 58.9 Å². The summed E-state index contributed by atoms with van der Waals surface area (Å²) in [7, 11) is 3.74. The highest BCUT2D eigenvalue weighted by atomic mass is 16.1. The summed E-state index contributed by atoms with van der Waals surface area (Å²) < 4.78 is 1.73. The second kappa shape index (κ2) is 6.10. The summed E-state index contributed by atoms with van der Waals surface area (Å²) >= 11 is 0. The number of aryl methyl sites for hydroxylation is 2. The van der Waals surface area contributed by atoms with Crippen LogP contribution in [0.25, 0.3) is 0 Å². The summed E-state index contributed by atoms with van der Waals surface area (Å²) in [4.78, 5) is 12.5. The van der Waals surface area contributed by atoms with Gasteiger partial charge in [0.15, 0.2) is 0 Å². The summed E-state index contributed by atoms with van der Waals surface area (Å²) in [5.74, 6) is -0.117. The Bertz CT molecular complexity index is 660. The molecule has 0 saturated carbocycles. The number of amides is 1. The van der Waals surface area contributed by atoms with Gasteiger partial charge in [-0.2, -0.15) is 5.10 Å². The number of nitrogens with zero attached hydrogens (tertiary/aromatic N) is 2. The summed E-state index contributed by atoms with van der Waals surface area (Å²) in [5.41, 5.74) is 4.14. The Morgan fingerprint density at radius 1 is 1.29 bits per heavy atom. The molecule has 0 aliphatic rings. The smallest absolute Gasteiger partial charge is 0.259 e. The van der Waals surface area contributed by atoms with Crippen LogP contribution in [0.3, 0.4) is 0 Å². The van der Waals surface area contributed by atoms with Crippen LogP contribution in [0.5, 0.6) is 0 Å². The van der Waals surface area contributed by atoms with Gasteiger partial charge < -0.3 is 10.6 Å². The minimum absolute atomic E-state index is 0.117. The summed E-state index contributed by atoms with van der Waals surface area (Å²) in [6.45, 7) is 5.81. The zero-order valence-corrected chi connectivity index (χ0v) is 13.2. The molecule has 5 heteroatoms. The van der Waals surface area contributed by atoms with Crippen LogP contribution in [0.4, 0.5) is 5.69 Å². The van der Waals surface area contributed by atoms with E-state index in [9.17, 15) is 4.79 Å². The van der Waals surface area contributed by atoms with Crippen LogP contribution in [0.2, 0.25) is 0 Å². The number of carbonyl (C=O) groups is 1. The number of benzene rings is 1. The van der Waals surface area contributed by atoms with E-state index in [0.717, 1.165) is 22.6 Å². The molecule has 5 nitrogen and oxygen atoms in total. The Labute approximate surface area is 125 Å². The molecule has 0 bridgehead atoms. The molecule has 112 valence electrons. The van der Waals surface area contributed by atoms with Gasteiger partial charge in [0, 0.05) is 24.5 Å². The lowest BCUT2D eigenvalue weighted by molar-refractivity contribution is 0.102. The van der Waals surface area contributed by atoms with E-state index in [2.05, 4.69) is 22.7 Å². The van der Waals surface area contributed by atoms with Crippen LogP contribution in [0.1, 0.15) is 40.3 Å². The zero-order valence-electron chi connectivity index (χ0n) is 13.2. The fourth-order valence-corrected chi connectivity index (χ4v) is 2.43. The van der Waals surface area contributed by atoms with Gasteiger partial charge in [-0.15, -0.1) is 0 Å². The van der Waals surface area contributed by atoms with Crippen molar-refractivity contribution >= 4 is 11.6 Å². The van der Waals surface area contributed by atoms with Gasteiger partial charge in [-0.05, 0) is 39.4 Å². The van der Waals surface area contributed by atoms with Gasteiger partial charge >= 0.3 is 0 Å². The lowest BCUT2D eigenvalue weighted by Crippen LogP contribution is -2.19. The van der Waals surface area contributed by atoms with Crippen molar-refractivity contribution in [1.82, 2.24) is 15.1 Å². The van der Waals surface area contributed by atoms with Crippen molar-refractivity contribution in [2.75, 3.05) is 12.4 Å². The number of rotatable bonds is 4. The van der Waals surface area contributed by atoms with E-state index in [4.69, 9.17) is 0 Å². The van der Waals surface area contributed by atoms with Crippen molar-refractivity contribution in [3.05, 3.63) is 46.8 Å². The van der Waals surface area contributed by atoms with E-state index in [1.165, 1.54) is 0 Å². The molecule has 1 amide bonds. The molecule has 1 aromatic carbocycles. The molecule has 0 saturated heterocycles. The van der Waals surface area contributed by atoms with E-state index in [1.807, 2.05) is 52.2 Å². The molecule has 1 aromatic heterocycles. The van der Waals surface area contributed by atoms with Crippen molar-refractivity contribution in [2.45, 2.75) is 26.8 Å². The minimum Gasteiger partial charge on any atom is -0.322 e. The van der Waals surface area contributed by atoms with Crippen LogP contribution in [-0.2, 0) is 7.05 Å². The maximum absolute atomic E-state index is 12.5. The van der Waals surface area contributed by atoms with Crippen molar-refractivity contribution < 1.29 is 4.79 Å². The van der Waals surface area contributed by atoms with Crippen LogP contribution >= 0.6 is 0 Å². The van der Waals surface area contributed by atoms with Crippen molar-refractivity contribution in [2.24, 2.45) is 7.05 Å². The van der Waals surface area contributed by atoms with Gasteiger partial charge in [0.2, 0.25) is 0 Å². The maximum atomic E-state index is 12.5. The number of hydrogen-bond acceptors (Lipinski definition) is 3. The zero-order chi connectivity index (χ0) is 15.6. The highest BCUT2D eigenvalue weighted by Crippen LogP contribution is 2.23. The Morgan fingerprint density at radius 3 is 2.52 bits per heavy atom. The summed E-state index contributed by atoms with van der Waals surface area (Å²) in [6.07, 6.45) is 0. The molecule has 2 rings (SSSR count). The van der Waals surface area contributed by atoms with Crippen molar-refractivity contribution in [3.63, 3.8) is 0 Å². The Hall–Kier alpha value is -2.14. The minimum atomic E-state index is -0.117. The van der Waals surface area contributed by atoms with Gasteiger partial charge in [0.25, 0.3) is 5.91 Å². The van der Waals surface area contributed by atoms with E-state index in [0.29, 0.717) is 5.56 Å². The number of anilines is 1. The highest BCUT2D eigenvalue weighted by molar-refractivity contribution is 6.06. The first kappa shape index (κ1) is 15.3. The molecule has 21 heavy (non-hydrogen) atoms. The van der Waals surface area contributed by atoms with Gasteiger partial charge in [-0.3, -0.25) is 9.48 Å². The molecule has 2 N–H and O–H groups in total. The van der Waals surface area contributed by atoms with Gasteiger partial charge in [0.1, 0.15) is 0 Å². The lowest BCUT2D eigenvalue weighted by atomic mass is 10.1. The predicted molar refractivity (Wildman–Crippen MR) is 84.6 cm³/mol. The number of aromatic nitrogens is 2. The first-order valence-electron chi connectivity index (χ1n) is 7.03. The lowest BCUT2D eigenvalue weighted by Gasteiger charge is -2.16. The molecule has 0 aliphatic heterocycles. The number of nitrogens with one attached hydrogen (secondary N) is 2. The average Bonchev–Trinajstić information content (AvgIpc) is 2.71.